The van der Waals surface area contributed by atoms with E-state index in [-0.39, 0.29) is 22.0 Å². The summed E-state index contributed by atoms with van der Waals surface area (Å²) in [7, 11) is -2.63. The second kappa shape index (κ2) is 15.8. The number of unbranched alkanes of at least 4 members (excludes halogenated alkanes) is 2. The molecule has 0 radical (unpaired) electrons. The van der Waals surface area contributed by atoms with Gasteiger partial charge in [-0.1, -0.05) is 75.9 Å². The maximum Gasteiger partial charge on any atom is 0.333 e. The van der Waals surface area contributed by atoms with E-state index in [0.717, 1.165) is 51.3 Å². The van der Waals surface area contributed by atoms with Crippen LogP contribution in [0, 0.1) is 11.2 Å². The van der Waals surface area contributed by atoms with E-state index < -0.39 is 45.6 Å². The van der Waals surface area contributed by atoms with Gasteiger partial charge in [0.05, 0.1) is 28.3 Å². The number of halogens is 1. The first-order valence-electron chi connectivity index (χ1n) is 15.6. The van der Waals surface area contributed by atoms with E-state index in [2.05, 4.69) is 24.1 Å². The number of para-hydroxylation sites is 1. The quantitative estimate of drug-likeness (QED) is 0.141. The number of nitrogens with one attached hydrogen (secondary N) is 1. The number of carbonyl (C=O) groups is 2. The molecular weight excluding hydrogens is 628 g/mol. The van der Waals surface area contributed by atoms with Gasteiger partial charge in [0.25, 0.3) is 5.91 Å². The average Bonchev–Trinajstić information content (AvgIpc) is 3.15. The summed E-state index contributed by atoms with van der Waals surface area (Å²) >= 11 is 1.37. The molecule has 1 unspecified atom stereocenters. The lowest BCUT2D eigenvalue weighted by atomic mass is 9.79. The van der Waals surface area contributed by atoms with Gasteiger partial charge in [0.15, 0.2) is 22.5 Å². The third kappa shape index (κ3) is 8.22. The van der Waals surface area contributed by atoms with Gasteiger partial charge in [0.2, 0.25) is 0 Å². The van der Waals surface area contributed by atoms with E-state index in [9.17, 15) is 22.4 Å². The first-order valence-corrected chi connectivity index (χ1v) is 18.5. The van der Waals surface area contributed by atoms with Crippen molar-refractivity contribution in [3.63, 3.8) is 0 Å². The number of rotatable bonds is 14. The van der Waals surface area contributed by atoms with Crippen molar-refractivity contribution in [2.24, 2.45) is 5.41 Å². The van der Waals surface area contributed by atoms with Crippen LogP contribution in [0.3, 0.4) is 0 Å². The number of carbonyl (C=O) groups excluding carboxylic acids is 2. The van der Waals surface area contributed by atoms with Crippen LogP contribution < -0.4 is 15.0 Å². The Morgan fingerprint density at radius 2 is 1.67 bits per heavy atom. The van der Waals surface area contributed by atoms with Crippen LogP contribution in [0.4, 0.5) is 15.8 Å². The molecule has 1 aliphatic heterocycles. The minimum absolute atomic E-state index is 0.0122. The fourth-order valence-corrected chi connectivity index (χ4v) is 8.68. The van der Waals surface area contributed by atoms with Crippen molar-refractivity contribution in [1.82, 2.24) is 5.32 Å². The largest absolute Gasteiger partial charge is 0.483 e. The van der Waals surface area contributed by atoms with Gasteiger partial charge in [-0.15, -0.1) is 11.8 Å². The molecule has 1 heterocycles. The highest BCUT2D eigenvalue weighted by Gasteiger charge is 2.42. The van der Waals surface area contributed by atoms with E-state index >= 15 is 0 Å². The molecule has 8 nitrogen and oxygen atoms in total. The Bertz CT molecular complexity index is 1610. The molecule has 0 fully saturated rings. The highest BCUT2D eigenvalue weighted by molar-refractivity contribution is 7.98. The molecule has 3 aromatic carbocycles. The van der Waals surface area contributed by atoms with Crippen LogP contribution in [-0.2, 0) is 24.2 Å². The highest BCUT2D eigenvalue weighted by atomic mass is 32.2. The van der Waals surface area contributed by atoms with Gasteiger partial charge >= 0.3 is 5.97 Å². The van der Waals surface area contributed by atoms with Crippen molar-refractivity contribution < 1.29 is 31.9 Å². The molecule has 0 aromatic heterocycles. The number of nitrogens with zero attached hydrogens (tertiary/aromatic N) is 1. The Morgan fingerprint density at radius 1 is 1.02 bits per heavy atom. The lowest BCUT2D eigenvalue weighted by Gasteiger charge is -2.37. The summed E-state index contributed by atoms with van der Waals surface area (Å²) in [5, 5.41) is 2.49. The summed E-state index contributed by atoms with van der Waals surface area (Å²) in [6.45, 7) is 4.27. The number of thioether (sulfide) groups is 1. The average molecular weight is 671 g/mol. The minimum Gasteiger partial charge on any atom is -0.483 e. The molecule has 0 aliphatic carbocycles. The first-order chi connectivity index (χ1) is 22.1. The molecule has 0 saturated heterocycles. The predicted molar refractivity (Wildman–Crippen MR) is 180 cm³/mol. The Labute approximate surface area is 276 Å². The fourth-order valence-electron chi connectivity index (χ4n) is 6.02. The SMILES string of the molecule is CCCCC1(CCCC)CN(c2ccccc2)c2cc(SC)c(OCC(=O)NC(C(=O)OC)c3ccccc3F)cc2S(=O)(=O)C1. The molecule has 248 valence electrons. The van der Waals surface area contributed by atoms with Crippen molar-refractivity contribution in [2.45, 2.75) is 68.2 Å². The van der Waals surface area contributed by atoms with Crippen molar-refractivity contribution >= 4 is 44.9 Å². The molecule has 46 heavy (non-hydrogen) atoms. The summed E-state index contributed by atoms with van der Waals surface area (Å²) in [6.07, 6.45) is 7.23. The molecule has 1 N–H and O–H groups in total. The molecule has 4 rings (SSSR count). The predicted octanol–water partition coefficient (Wildman–Crippen LogP) is 7.25. The molecule has 1 amide bonds. The second-order valence-corrected chi connectivity index (χ2v) is 14.5. The normalized spacial score (nSPS) is 15.7. The fraction of sp³-hybridized carbons (Fsp3) is 0.429. The topological polar surface area (TPSA) is 102 Å². The number of amides is 1. The van der Waals surface area contributed by atoms with Crippen molar-refractivity contribution in [1.29, 1.82) is 0 Å². The zero-order chi connectivity index (χ0) is 33.3. The van der Waals surface area contributed by atoms with Crippen LogP contribution >= 0.6 is 11.8 Å². The maximum atomic E-state index is 14.5. The molecule has 0 spiro atoms. The Hall–Kier alpha value is -3.57. The van der Waals surface area contributed by atoms with Gasteiger partial charge in [-0.3, -0.25) is 4.79 Å². The third-order valence-corrected chi connectivity index (χ3v) is 11.1. The second-order valence-electron chi connectivity index (χ2n) is 11.7. The van der Waals surface area contributed by atoms with Gasteiger partial charge < -0.3 is 19.7 Å². The van der Waals surface area contributed by atoms with Crippen LogP contribution in [0.5, 0.6) is 5.75 Å². The van der Waals surface area contributed by atoms with Gasteiger partial charge in [0, 0.05) is 29.3 Å². The molecule has 0 saturated carbocycles. The number of esters is 1. The molecular formula is C35H43FN2O6S2. The summed E-state index contributed by atoms with van der Waals surface area (Å²) < 4.78 is 53.8. The number of hydrogen-bond acceptors (Lipinski definition) is 8. The smallest absolute Gasteiger partial charge is 0.333 e. The summed E-state index contributed by atoms with van der Waals surface area (Å²) in [5.74, 6) is -1.97. The van der Waals surface area contributed by atoms with Crippen LogP contribution in [0.1, 0.15) is 64.0 Å². The standard InChI is InChI=1S/C35H43FN2O6S2/c1-5-7-18-35(19-8-6-2)23-38(25-14-10-9-11-15-25)28-20-30(45-4)29(21-31(28)46(41,42)24-35)44-22-32(39)37-33(34(40)43-3)26-16-12-13-17-27(26)36/h9-17,20-21,33H,5-8,18-19,22-24H2,1-4H3,(H,37,39). The highest BCUT2D eigenvalue weighted by Crippen LogP contribution is 2.47. The van der Waals surface area contributed by atoms with Gasteiger partial charge in [-0.2, -0.15) is 0 Å². The molecule has 0 bridgehead atoms. The minimum atomic E-state index is -3.78. The zero-order valence-electron chi connectivity index (χ0n) is 26.9. The lowest BCUT2D eigenvalue weighted by Crippen LogP contribution is -2.38. The molecule has 1 aliphatic rings. The van der Waals surface area contributed by atoms with E-state index in [1.54, 1.807) is 6.07 Å². The Balaban J connectivity index is 1.71. The molecule has 11 heteroatoms. The number of hydrogen-bond donors (Lipinski definition) is 1. The van der Waals surface area contributed by atoms with Crippen molar-refractivity contribution in [2.75, 3.05) is 37.2 Å². The van der Waals surface area contributed by atoms with E-state index in [1.165, 1.54) is 36.0 Å². The van der Waals surface area contributed by atoms with Crippen LogP contribution in [0.15, 0.2) is 76.5 Å². The Morgan fingerprint density at radius 3 is 2.28 bits per heavy atom. The van der Waals surface area contributed by atoms with Gasteiger partial charge in [-0.25, -0.2) is 17.6 Å². The van der Waals surface area contributed by atoms with Gasteiger partial charge in [0.1, 0.15) is 11.6 Å². The van der Waals surface area contributed by atoms with Crippen LogP contribution in [0.25, 0.3) is 0 Å². The zero-order valence-corrected chi connectivity index (χ0v) is 28.5. The number of fused-ring (bicyclic) bond motifs is 1. The number of ether oxygens (including phenoxy) is 2. The van der Waals surface area contributed by atoms with E-state index in [1.807, 2.05) is 42.7 Å². The third-order valence-electron chi connectivity index (χ3n) is 8.37. The molecule has 1 atom stereocenters. The van der Waals surface area contributed by atoms with Gasteiger partial charge in [-0.05, 0) is 43.4 Å². The Kier molecular flexibility index (Phi) is 12.1. The number of anilines is 2. The van der Waals surface area contributed by atoms with E-state index in [4.69, 9.17) is 9.47 Å². The number of methoxy groups -OCH3 is 1. The van der Waals surface area contributed by atoms with E-state index in [0.29, 0.717) is 17.1 Å². The number of sulfone groups is 1. The summed E-state index contributed by atoms with van der Waals surface area (Å²) in [6, 6.07) is 17.4. The van der Waals surface area contributed by atoms with Crippen molar-refractivity contribution in [3.05, 3.63) is 78.1 Å². The lowest BCUT2D eigenvalue weighted by molar-refractivity contribution is -0.145. The first kappa shape index (κ1) is 35.3. The van der Waals surface area contributed by atoms with Crippen molar-refractivity contribution in [3.8, 4) is 5.75 Å². The molecule has 3 aromatic rings. The monoisotopic (exact) mass is 670 g/mol. The summed E-state index contributed by atoms with van der Waals surface area (Å²) in [5.41, 5.74) is 0.988. The maximum absolute atomic E-state index is 14.5. The number of benzene rings is 3. The summed E-state index contributed by atoms with van der Waals surface area (Å²) in [4.78, 5) is 28.4. The van der Waals surface area contributed by atoms with Crippen LogP contribution in [0.2, 0.25) is 0 Å². The van der Waals surface area contributed by atoms with Crippen LogP contribution in [-0.4, -0.2) is 52.6 Å².